The summed E-state index contributed by atoms with van der Waals surface area (Å²) in [4.78, 5) is 17.6. The Hall–Kier alpha value is -1.28. The van der Waals surface area contributed by atoms with Crippen molar-refractivity contribution in [1.29, 1.82) is 0 Å². The fraction of sp³-hybridized carbons (Fsp3) is 0.600. The first-order chi connectivity index (χ1) is 7.88. The molecule has 0 saturated heterocycles. The van der Waals surface area contributed by atoms with Crippen LogP contribution < -0.4 is 0 Å². The molecule has 0 amide bonds. The Morgan fingerprint density at radius 2 is 2.00 bits per heavy atom. The Morgan fingerprint density at radius 1 is 1.41 bits per heavy atom. The first-order valence-corrected chi connectivity index (χ1v) is 5.11. The van der Waals surface area contributed by atoms with Gasteiger partial charge in [-0.1, -0.05) is 0 Å². The van der Waals surface area contributed by atoms with E-state index in [1.165, 1.54) is 6.92 Å². The van der Waals surface area contributed by atoms with Crippen LogP contribution in [0.3, 0.4) is 0 Å². The maximum atomic E-state index is 11.1. The van der Waals surface area contributed by atoms with Crippen molar-refractivity contribution in [2.24, 2.45) is 0 Å². The van der Waals surface area contributed by atoms with E-state index in [1.54, 1.807) is 6.92 Å². The number of hydrogen-bond donors (Lipinski definition) is 5. The number of ketones is 1. The van der Waals surface area contributed by atoms with Crippen LogP contribution in [0.4, 0.5) is 0 Å². The van der Waals surface area contributed by atoms with Crippen molar-refractivity contribution in [1.82, 2.24) is 9.97 Å². The Morgan fingerprint density at radius 3 is 2.41 bits per heavy atom. The summed E-state index contributed by atoms with van der Waals surface area (Å²) in [6.07, 6.45) is -4.51. The van der Waals surface area contributed by atoms with Crippen molar-refractivity contribution >= 4 is 5.78 Å². The van der Waals surface area contributed by atoms with Gasteiger partial charge < -0.3 is 25.4 Å². The first-order valence-electron chi connectivity index (χ1n) is 5.11. The van der Waals surface area contributed by atoms with Crippen LogP contribution >= 0.6 is 0 Å². The Kier molecular flexibility index (Phi) is 4.35. The predicted molar refractivity (Wildman–Crippen MR) is 57.4 cm³/mol. The number of carbonyl (C=O) groups is 1. The van der Waals surface area contributed by atoms with Gasteiger partial charge in [-0.2, -0.15) is 0 Å². The Balaban J connectivity index is 2.95. The van der Waals surface area contributed by atoms with Gasteiger partial charge in [-0.15, -0.1) is 0 Å². The number of nitrogens with zero attached hydrogens (tertiary/aromatic N) is 1. The van der Waals surface area contributed by atoms with Gasteiger partial charge in [0.2, 0.25) is 0 Å². The molecule has 17 heavy (non-hydrogen) atoms. The number of nitrogens with one attached hydrogen (secondary N) is 1. The largest absolute Gasteiger partial charge is 0.394 e. The van der Waals surface area contributed by atoms with Gasteiger partial charge in [0.05, 0.1) is 12.3 Å². The molecule has 0 radical (unpaired) electrons. The minimum absolute atomic E-state index is 0.0715. The topological polar surface area (TPSA) is 127 Å². The number of H-pyrrole nitrogens is 1. The number of aryl methyl sites for hydroxylation is 1. The highest BCUT2D eigenvalue weighted by Gasteiger charge is 2.29. The summed E-state index contributed by atoms with van der Waals surface area (Å²) in [7, 11) is 0. The highest BCUT2D eigenvalue weighted by Crippen LogP contribution is 2.20. The molecule has 1 heterocycles. The van der Waals surface area contributed by atoms with Crippen LogP contribution in [0, 0.1) is 6.92 Å². The van der Waals surface area contributed by atoms with Crippen LogP contribution in [-0.4, -0.2) is 55.0 Å². The summed E-state index contributed by atoms with van der Waals surface area (Å²) in [5.74, 6) is -0.231. The number of carbonyl (C=O) groups excluding carboxylic acids is 1. The molecule has 1 aromatic heterocycles. The molecule has 0 aliphatic carbocycles. The third-order valence-electron chi connectivity index (χ3n) is 2.44. The van der Waals surface area contributed by atoms with E-state index in [2.05, 4.69) is 9.97 Å². The summed E-state index contributed by atoms with van der Waals surface area (Å²) in [5.41, 5.74) is 0.502. The van der Waals surface area contributed by atoms with E-state index >= 15 is 0 Å². The van der Waals surface area contributed by atoms with Gasteiger partial charge >= 0.3 is 0 Å². The third-order valence-corrected chi connectivity index (χ3v) is 2.44. The summed E-state index contributed by atoms with van der Waals surface area (Å²) >= 11 is 0. The molecule has 3 atom stereocenters. The maximum Gasteiger partial charge on any atom is 0.194 e. The monoisotopic (exact) mass is 244 g/mol. The molecule has 0 saturated carbocycles. The average Bonchev–Trinajstić information content (AvgIpc) is 2.68. The Labute approximate surface area is 97.8 Å². The molecular weight excluding hydrogens is 228 g/mol. The minimum Gasteiger partial charge on any atom is -0.394 e. The van der Waals surface area contributed by atoms with Crippen LogP contribution in [0.25, 0.3) is 0 Å². The van der Waals surface area contributed by atoms with E-state index in [1.807, 2.05) is 0 Å². The van der Waals surface area contributed by atoms with E-state index in [0.717, 1.165) is 0 Å². The zero-order valence-electron chi connectivity index (χ0n) is 9.58. The zero-order chi connectivity index (χ0) is 13.2. The van der Waals surface area contributed by atoms with Gasteiger partial charge in [-0.3, -0.25) is 4.79 Å². The second-order valence-electron chi connectivity index (χ2n) is 3.84. The molecule has 5 N–H and O–H groups in total. The normalized spacial score (nSPS) is 16.6. The van der Waals surface area contributed by atoms with Crippen molar-refractivity contribution in [3.05, 3.63) is 17.2 Å². The highest BCUT2D eigenvalue weighted by atomic mass is 16.4. The lowest BCUT2D eigenvalue weighted by atomic mass is 10.0. The molecule has 1 unspecified atom stereocenters. The predicted octanol–water partition coefficient (Wildman–Crippen LogP) is -1.33. The minimum atomic E-state index is -1.57. The lowest BCUT2D eigenvalue weighted by molar-refractivity contribution is -0.0790. The number of hydrogen-bond acceptors (Lipinski definition) is 6. The lowest BCUT2D eigenvalue weighted by Gasteiger charge is -2.20. The number of imidazole rings is 1. The summed E-state index contributed by atoms with van der Waals surface area (Å²) in [6.45, 7) is 2.21. The van der Waals surface area contributed by atoms with Crippen LogP contribution in [0.5, 0.6) is 0 Å². The fourth-order valence-electron chi connectivity index (χ4n) is 1.41. The molecule has 0 bridgehead atoms. The molecule has 1 rings (SSSR count). The SMILES string of the molecule is CC(=O)c1nc([C@@H](O)C(O)[C@H](O)CO)c(C)[nH]1. The number of aromatic amines is 1. The number of rotatable bonds is 5. The van der Waals surface area contributed by atoms with Crippen LogP contribution in [0.15, 0.2) is 0 Å². The average molecular weight is 244 g/mol. The van der Waals surface area contributed by atoms with Gasteiger partial charge in [-0.25, -0.2) is 4.98 Å². The zero-order valence-corrected chi connectivity index (χ0v) is 9.58. The molecule has 1 aromatic rings. The van der Waals surface area contributed by atoms with Crippen molar-refractivity contribution in [3.63, 3.8) is 0 Å². The van der Waals surface area contributed by atoms with Gasteiger partial charge in [0, 0.05) is 12.6 Å². The molecular formula is C10H16N2O5. The van der Waals surface area contributed by atoms with Gasteiger partial charge in [-0.05, 0) is 6.92 Å². The molecule has 0 fully saturated rings. The van der Waals surface area contributed by atoms with Crippen LogP contribution in [-0.2, 0) is 0 Å². The van der Waals surface area contributed by atoms with Crippen LogP contribution in [0.1, 0.15) is 35.0 Å². The maximum absolute atomic E-state index is 11.1. The second-order valence-corrected chi connectivity index (χ2v) is 3.84. The number of Topliss-reactive ketones (excluding diaryl/α,β-unsaturated/α-hetero) is 1. The quantitative estimate of drug-likeness (QED) is 0.408. The van der Waals surface area contributed by atoms with Gasteiger partial charge in [0.15, 0.2) is 11.6 Å². The highest BCUT2D eigenvalue weighted by molar-refractivity contribution is 5.90. The summed E-state index contributed by atoms with van der Waals surface area (Å²) in [6, 6.07) is 0. The van der Waals surface area contributed by atoms with Crippen molar-refractivity contribution in [2.75, 3.05) is 6.61 Å². The van der Waals surface area contributed by atoms with Crippen molar-refractivity contribution < 1.29 is 25.2 Å². The van der Waals surface area contributed by atoms with Crippen molar-refractivity contribution in [2.45, 2.75) is 32.2 Å². The van der Waals surface area contributed by atoms with E-state index in [4.69, 9.17) is 5.11 Å². The van der Waals surface area contributed by atoms with Gasteiger partial charge in [0.1, 0.15) is 18.3 Å². The number of aromatic nitrogens is 2. The number of aliphatic hydroxyl groups excluding tert-OH is 4. The number of aliphatic hydroxyl groups is 4. The van der Waals surface area contributed by atoms with E-state index in [0.29, 0.717) is 5.69 Å². The Bertz CT molecular complexity index is 403. The third kappa shape index (κ3) is 2.89. The molecule has 0 aliphatic heterocycles. The van der Waals surface area contributed by atoms with Crippen LogP contribution in [0.2, 0.25) is 0 Å². The summed E-state index contributed by atoms with van der Waals surface area (Å²) in [5, 5.41) is 37.1. The first kappa shape index (κ1) is 13.8. The summed E-state index contributed by atoms with van der Waals surface area (Å²) < 4.78 is 0. The molecule has 0 aromatic carbocycles. The van der Waals surface area contributed by atoms with Crippen molar-refractivity contribution in [3.8, 4) is 0 Å². The molecule has 7 heteroatoms. The molecule has 0 aliphatic rings. The smallest absolute Gasteiger partial charge is 0.194 e. The van der Waals surface area contributed by atoms with E-state index < -0.39 is 24.9 Å². The second kappa shape index (κ2) is 5.37. The van der Waals surface area contributed by atoms with E-state index in [-0.39, 0.29) is 17.3 Å². The van der Waals surface area contributed by atoms with Gasteiger partial charge in [0.25, 0.3) is 0 Å². The standard InChI is InChI=1S/C10H16N2O5/c1-4-7(12-10(11-4)5(2)14)9(17)8(16)6(15)3-13/h6,8-9,13,15-17H,3H2,1-2H3,(H,11,12)/t6-,8?,9-/m1/s1. The molecule has 0 spiro atoms. The molecule has 7 nitrogen and oxygen atoms in total. The van der Waals surface area contributed by atoms with E-state index in [9.17, 15) is 20.1 Å². The molecule has 96 valence electrons. The lowest BCUT2D eigenvalue weighted by Crippen LogP contribution is -2.35. The fourth-order valence-corrected chi connectivity index (χ4v) is 1.41.